The van der Waals surface area contributed by atoms with E-state index >= 15 is 8.78 Å². The highest BCUT2D eigenvalue weighted by Gasteiger charge is 2.50. The van der Waals surface area contributed by atoms with Crippen LogP contribution in [0.5, 0.6) is 0 Å². The minimum atomic E-state index is -4.32. The number of pyridine rings is 1. The van der Waals surface area contributed by atoms with Gasteiger partial charge in [0.15, 0.2) is 41.8 Å². The number of H-pyrrole nitrogens is 1. The Kier molecular flexibility index (Phi) is 7.44. The highest BCUT2D eigenvalue weighted by molar-refractivity contribution is 8.07. The maximum atomic E-state index is 15.3. The van der Waals surface area contributed by atoms with Crippen LogP contribution >= 0.6 is 6.72 Å². The number of imidazole rings is 2. The number of aliphatic hydroxyl groups excluding tert-OH is 2. The van der Waals surface area contributed by atoms with Gasteiger partial charge in [-0.3, -0.25) is 13.9 Å². The number of fused-ring (bicyclic) bond motifs is 2. The molecule has 6 heterocycles. The molecule has 21 heteroatoms. The van der Waals surface area contributed by atoms with Gasteiger partial charge in [0.2, 0.25) is 0 Å². The van der Waals surface area contributed by atoms with Crippen molar-refractivity contribution in [3.05, 3.63) is 35.4 Å². The zero-order valence-corrected chi connectivity index (χ0v) is 22.9. The molecule has 4 aromatic heterocycles. The molecule has 0 spiro atoms. The van der Waals surface area contributed by atoms with Crippen LogP contribution in [0.2, 0.25) is 0 Å². The molecule has 17 nitrogen and oxygen atoms in total. The highest BCUT2D eigenvalue weighted by atomic mass is 32.5. The highest BCUT2D eigenvalue weighted by Crippen LogP contribution is 2.51. The molecule has 1 unspecified atom stereocenters. The van der Waals surface area contributed by atoms with E-state index in [2.05, 4.69) is 24.9 Å². The van der Waals surface area contributed by atoms with Crippen LogP contribution < -0.4 is 17.0 Å². The van der Waals surface area contributed by atoms with Crippen molar-refractivity contribution in [3.63, 3.8) is 0 Å². The van der Waals surface area contributed by atoms with Gasteiger partial charge in [0.25, 0.3) is 5.56 Å². The summed E-state index contributed by atoms with van der Waals surface area (Å²) in [5, 5.41) is 20.1. The van der Waals surface area contributed by atoms with E-state index in [1.54, 1.807) is 0 Å². The van der Waals surface area contributed by atoms with Crippen LogP contribution in [0.3, 0.4) is 0 Å². The van der Waals surface area contributed by atoms with E-state index in [1.807, 2.05) is 0 Å². The third kappa shape index (κ3) is 4.93. The predicted octanol–water partition coefficient (Wildman–Crippen LogP) is -0.828. The van der Waals surface area contributed by atoms with Gasteiger partial charge in [-0.15, -0.1) is 0 Å². The third-order valence-electron chi connectivity index (χ3n) is 6.93. The maximum Gasteiger partial charge on any atom is 0.325 e. The number of alkyl halides is 2. The summed E-state index contributed by atoms with van der Waals surface area (Å²) < 4.78 is 55.0. The second-order valence-corrected chi connectivity index (χ2v) is 12.3. The molecule has 2 aliphatic heterocycles. The Morgan fingerprint density at radius 1 is 1.07 bits per heavy atom. The normalized spacial score (nSPS) is 31.3. The van der Waals surface area contributed by atoms with E-state index in [-0.39, 0.29) is 33.8 Å². The standard InChI is InChI=1S/C21H24F2N9O8PS/c22-11-8(2-33)38-21(31-5-28-13-7(31)1-10(24)30-19(13)35)16(11)40-41(36,42)37-3-9-15(34)12(23)20(39-9)32-6-29-14-17(25)26-4-27-18(14)32/h1,4-6,8-9,11-12,15-16,20-21,33-34H,2-3H2,(H,36,42)(H3,24,30,35)(H2,25,26,27)/t8-,9-,11-,12+,15-,16-,20-,21-,41?/m1/s1. The molecule has 0 amide bonds. The fraction of sp³-hybridized carbons (Fsp3) is 0.476. The van der Waals surface area contributed by atoms with Gasteiger partial charge in [-0.1, -0.05) is 0 Å². The fourth-order valence-corrected chi connectivity index (χ4v) is 6.32. The Morgan fingerprint density at radius 3 is 2.55 bits per heavy atom. The summed E-state index contributed by atoms with van der Waals surface area (Å²) in [6.07, 6.45) is -9.26. The Balaban J connectivity index is 1.19. The second kappa shape index (κ2) is 10.8. The van der Waals surface area contributed by atoms with Crippen molar-refractivity contribution < 1.29 is 42.4 Å². The number of aromatic nitrogens is 7. The van der Waals surface area contributed by atoms with Crippen LogP contribution in [0.1, 0.15) is 12.5 Å². The molecule has 2 fully saturated rings. The first-order chi connectivity index (χ1) is 20.0. The number of ether oxygens (including phenoxy) is 2. The number of nitrogens with zero attached hydrogens (tertiary/aromatic N) is 6. The lowest BCUT2D eigenvalue weighted by Crippen LogP contribution is -2.33. The number of halogens is 2. The number of nitrogens with one attached hydrogen (secondary N) is 1. The smallest absolute Gasteiger partial charge is 0.325 e. The Labute approximate surface area is 238 Å². The minimum Gasteiger partial charge on any atom is -0.394 e. The van der Waals surface area contributed by atoms with Gasteiger partial charge < -0.3 is 50.1 Å². The SMILES string of the molecule is Nc1cc2c(ncn2[C@@H]2O[C@H](CO)[C@@H](F)[C@H]2OP(O)(=S)OC[C@H]2O[C@@H](n3cnc4c(N)ncnc43)[C@@H](F)[C@@H]2O)c(=O)[nH]1. The van der Waals surface area contributed by atoms with Crippen LogP contribution in [0.15, 0.2) is 29.8 Å². The molecule has 9 atom stereocenters. The first-order valence-corrected chi connectivity index (χ1v) is 14.9. The molecular weight excluding hydrogens is 607 g/mol. The number of anilines is 2. The average molecular weight is 632 g/mol. The third-order valence-corrected chi connectivity index (χ3v) is 8.49. The zero-order valence-electron chi connectivity index (χ0n) is 21.2. The van der Waals surface area contributed by atoms with Crippen molar-refractivity contribution in [1.29, 1.82) is 0 Å². The molecule has 0 aliphatic carbocycles. The van der Waals surface area contributed by atoms with Crippen molar-refractivity contribution in [2.75, 3.05) is 24.7 Å². The molecule has 4 aromatic rings. The number of aliphatic hydroxyl groups is 2. The summed E-state index contributed by atoms with van der Waals surface area (Å²) in [6.45, 7) is -5.72. The Hall–Kier alpha value is -3.20. The van der Waals surface area contributed by atoms with Gasteiger partial charge >= 0.3 is 6.72 Å². The summed E-state index contributed by atoms with van der Waals surface area (Å²) in [4.78, 5) is 41.3. The van der Waals surface area contributed by atoms with Crippen LogP contribution in [-0.4, -0.2) is 99.1 Å². The summed E-state index contributed by atoms with van der Waals surface area (Å²) in [6, 6.07) is 1.36. The molecular formula is C21H24F2N9O8PS. The molecule has 42 heavy (non-hydrogen) atoms. The van der Waals surface area contributed by atoms with E-state index < -0.39 is 74.7 Å². The van der Waals surface area contributed by atoms with E-state index in [1.165, 1.54) is 27.9 Å². The van der Waals surface area contributed by atoms with Gasteiger partial charge in [0.05, 0.1) is 31.4 Å². The first-order valence-electron chi connectivity index (χ1n) is 12.3. The van der Waals surface area contributed by atoms with Gasteiger partial charge in [-0.25, -0.2) is 28.7 Å². The number of hydrogen-bond donors (Lipinski definition) is 6. The summed E-state index contributed by atoms with van der Waals surface area (Å²) in [5.41, 5.74) is 11.4. The van der Waals surface area contributed by atoms with Crippen LogP contribution in [0, 0.1) is 0 Å². The van der Waals surface area contributed by atoms with Gasteiger partial charge in [-0.05, 0) is 11.8 Å². The average Bonchev–Trinajstić information content (AvgIpc) is 3.69. The maximum absolute atomic E-state index is 15.3. The molecule has 2 aliphatic rings. The Bertz CT molecular complexity index is 1740. The van der Waals surface area contributed by atoms with E-state index in [0.29, 0.717) is 0 Å². The molecule has 2 saturated heterocycles. The Morgan fingerprint density at radius 2 is 1.79 bits per heavy atom. The van der Waals surface area contributed by atoms with E-state index in [0.717, 1.165) is 6.33 Å². The lowest BCUT2D eigenvalue weighted by Gasteiger charge is -2.26. The number of nitrogens with two attached hydrogens (primary N) is 2. The summed E-state index contributed by atoms with van der Waals surface area (Å²) in [7, 11) is 0. The number of hydrogen-bond acceptors (Lipinski definition) is 14. The monoisotopic (exact) mass is 631 g/mol. The summed E-state index contributed by atoms with van der Waals surface area (Å²) >= 11 is 5.08. The number of rotatable bonds is 8. The lowest BCUT2D eigenvalue weighted by molar-refractivity contribution is -0.0551. The van der Waals surface area contributed by atoms with Crippen molar-refractivity contribution >= 4 is 52.4 Å². The topological polar surface area (TPSA) is 244 Å². The van der Waals surface area contributed by atoms with Crippen LogP contribution in [0.4, 0.5) is 20.4 Å². The first kappa shape index (κ1) is 28.9. The van der Waals surface area contributed by atoms with Crippen LogP contribution in [-0.2, 0) is 30.3 Å². The molecule has 8 N–H and O–H groups in total. The van der Waals surface area contributed by atoms with Gasteiger partial charge in [-0.2, -0.15) is 0 Å². The minimum absolute atomic E-state index is 0.00460. The fourth-order valence-electron chi connectivity index (χ4n) is 4.92. The lowest BCUT2D eigenvalue weighted by atomic mass is 10.1. The van der Waals surface area contributed by atoms with Gasteiger partial charge in [0.1, 0.15) is 42.1 Å². The molecule has 6 rings (SSSR count). The molecule has 0 bridgehead atoms. The van der Waals surface area contributed by atoms with Crippen molar-refractivity contribution in [2.24, 2.45) is 0 Å². The number of nitrogen functional groups attached to an aromatic ring is 2. The van der Waals surface area contributed by atoms with E-state index in [4.69, 9.17) is 41.8 Å². The summed E-state index contributed by atoms with van der Waals surface area (Å²) in [5.74, 6) is 0.0588. The predicted molar refractivity (Wildman–Crippen MR) is 143 cm³/mol. The van der Waals surface area contributed by atoms with Crippen molar-refractivity contribution in [1.82, 2.24) is 34.1 Å². The van der Waals surface area contributed by atoms with Crippen molar-refractivity contribution in [2.45, 2.75) is 49.2 Å². The zero-order chi connectivity index (χ0) is 29.9. The van der Waals surface area contributed by atoms with Gasteiger partial charge in [0, 0.05) is 6.07 Å². The second-order valence-electron chi connectivity index (χ2n) is 9.55. The van der Waals surface area contributed by atoms with Crippen molar-refractivity contribution in [3.8, 4) is 0 Å². The largest absolute Gasteiger partial charge is 0.394 e. The molecule has 0 radical (unpaired) electrons. The molecule has 226 valence electrons. The van der Waals surface area contributed by atoms with Crippen LogP contribution in [0.25, 0.3) is 22.2 Å². The quantitative estimate of drug-likeness (QED) is 0.130. The molecule has 0 saturated carbocycles. The van der Waals surface area contributed by atoms with E-state index in [9.17, 15) is 19.9 Å². The number of aromatic amines is 1. The molecule has 0 aromatic carbocycles.